The largest absolute Gasteiger partial charge is 0.299 e. The standard InChI is InChI=1S/C12H18N2O/c1-9(2)14-6-5-11(13-14)8-12(15)7-10-3-4-10/h5-6,9-10H,3-4,7-8H2,1-2H3. The Morgan fingerprint density at radius 2 is 2.33 bits per heavy atom. The SMILES string of the molecule is CC(C)n1ccc(CC(=O)CC2CC2)n1. The van der Waals surface area contributed by atoms with Crippen LogP contribution in [0.15, 0.2) is 12.3 Å². The first-order valence-corrected chi connectivity index (χ1v) is 5.71. The number of nitrogens with zero attached hydrogens (tertiary/aromatic N) is 2. The van der Waals surface area contributed by atoms with Gasteiger partial charge >= 0.3 is 0 Å². The maximum atomic E-state index is 11.6. The van der Waals surface area contributed by atoms with E-state index in [1.807, 2.05) is 16.9 Å². The predicted octanol–water partition coefficient (Wildman–Crippen LogP) is 2.38. The fraction of sp³-hybridized carbons (Fsp3) is 0.667. The fourth-order valence-corrected chi connectivity index (χ4v) is 1.68. The Morgan fingerprint density at radius 1 is 1.60 bits per heavy atom. The van der Waals surface area contributed by atoms with E-state index < -0.39 is 0 Å². The van der Waals surface area contributed by atoms with Crippen LogP contribution in [-0.2, 0) is 11.2 Å². The molecule has 0 atom stereocenters. The lowest BCUT2D eigenvalue weighted by Gasteiger charge is -2.03. The van der Waals surface area contributed by atoms with E-state index in [0.717, 1.165) is 12.1 Å². The van der Waals surface area contributed by atoms with Crippen molar-refractivity contribution < 1.29 is 4.79 Å². The highest BCUT2D eigenvalue weighted by atomic mass is 16.1. The third-order valence-electron chi connectivity index (χ3n) is 2.78. The van der Waals surface area contributed by atoms with Gasteiger partial charge in [0.2, 0.25) is 0 Å². The number of carbonyl (C=O) groups is 1. The Labute approximate surface area is 90.5 Å². The number of rotatable bonds is 5. The van der Waals surface area contributed by atoms with Crippen LogP contribution in [0, 0.1) is 5.92 Å². The second kappa shape index (κ2) is 4.17. The molecule has 1 aromatic rings. The minimum absolute atomic E-state index is 0.339. The predicted molar refractivity (Wildman–Crippen MR) is 58.7 cm³/mol. The van der Waals surface area contributed by atoms with Crippen molar-refractivity contribution in [2.45, 2.75) is 45.6 Å². The van der Waals surface area contributed by atoms with Crippen LogP contribution in [0.3, 0.4) is 0 Å². The Hall–Kier alpha value is -1.12. The molecule has 1 aliphatic rings. The van der Waals surface area contributed by atoms with Gasteiger partial charge in [0.15, 0.2) is 0 Å². The summed E-state index contributed by atoms with van der Waals surface area (Å²) in [6, 6.07) is 2.32. The van der Waals surface area contributed by atoms with Crippen LogP contribution < -0.4 is 0 Å². The molecule has 1 saturated carbocycles. The van der Waals surface area contributed by atoms with Gasteiger partial charge in [0.25, 0.3) is 0 Å². The minimum atomic E-state index is 0.339. The third-order valence-corrected chi connectivity index (χ3v) is 2.78. The van der Waals surface area contributed by atoms with Gasteiger partial charge in [0.05, 0.1) is 12.1 Å². The lowest BCUT2D eigenvalue weighted by molar-refractivity contribution is -0.118. The molecular formula is C12H18N2O. The molecule has 3 heteroatoms. The van der Waals surface area contributed by atoms with Crippen LogP contribution in [0.5, 0.6) is 0 Å². The third kappa shape index (κ3) is 2.91. The number of hydrogen-bond acceptors (Lipinski definition) is 2. The summed E-state index contributed by atoms with van der Waals surface area (Å²) in [7, 11) is 0. The van der Waals surface area contributed by atoms with Crippen molar-refractivity contribution in [2.24, 2.45) is 5.92 Å². The van der Waals surface area contributed by atoms with Crippen LogP contribution >= 0.6 is 0 Å². The average molecular weight is 206 g/mol. The first kappa shape index (κ1) is 10.4. The van der Waals surface area contributed by atoms with Gasteiger partial charge in [-0.15, -0.1) is 0 Å². The van der Waals surface area contributed by atoms with E-state index in [-0.39, 0.29) is 0 Å². The van der Waals surface area contributed by atoms with Crippen molar-refractivity contribution in [3.8, 4) is 0 Å². The smallest absolute Gasteiger partial charge is 0.139 e. The second-order valence-corrected chi connectivity index (χ2v) is 4.74. The molecule has 0 bridgehead atoms. The van der Waals surface area contributed by atoms with Gasteiger partial charge in [0.1, 0.15) is 5.78 Å². The van der Waals surface area contributed by atoms with E-state index >= 15 is 0 Å². The normalized spacial score (nSPS) is 15.9. The summed E-state index contributed by atoms with van der Waals surface area (Å²) in [4.78, 5) is 11.6. The highest BCUT2D eigenvalue weighted by molar-refractivity contribution is 5.80. The molecule has 1 heterocycles. The fourth-order valence-electron chi connectivity index (χ4n) is 1.68. The molecule has 2 rings (SSSR count). The lowest BCUT2D eigenvalue weighted by atomic mass is 10.1. The molecule has 0 spiro atoms. The first-order chi connectivity index (χ1) is 7.15. The van der Waals surface area contributed by atoms with E-state index in [1.54, 1.807) is 0 Å². The minimum Gasteiger partial charge on any atom is -0.299 e. The topological polar surface area (TPSA) is 34.9 Å². The van der Waals surface area contributed by atoms with Crippen molar-refractivity contribution in [1.82, 2.24) is 9.78 Å². The highest BCUT2D eigenvalue weighted by Gasteiger charge is 2.24. The molecule has 0 aliphatic heterocycles. The van der Waals surface area contributed by atoms with Gasteiger partial charge in [-0.25, -0.2) is 0 Å². The van der Waals surface area contributed by atoms with Crippen molar-refractivity contribution >= 4 is 5.78 Å². The van der Waals surface area contributed by atoms with Crippen LogP contribution in [0.4, 0.5) is 0 Å². The molecule has 0 aromatic carbocycles. The van der Waals surface area contributed by atoms with Crippen molar-refractivity contribution in [1.29, 1.82) is 0 Å². The van der Waals surface area contributed by atoms with E-state index in [2.05, 4.69) is 18.9 Å². The van der Waals surface area contributed by atoms with Crippen LogP contribution in [0.2, 0.25) is 0 Å². The van der Waals surface area contributed by atoms with E-state index in [0.29, 0.717) is 24.2 Å². The van der Waals surface area contributed by atoms with Crippen molar-refractivity contribution in [3.63, 3.8) is 0 Å². The zero-order valence-corrected chi connectivity index (χ0v) is 9.44. The van der Waals surface area contributed by atoms with Crippen molar-refractivity contribution in [2.75, 3.05) is 0 Å². The quantitative estimate of drug-likeness (QED) is 0.741. The zero-order valence-electron chi connectivity index (χ0n) is 9.44. The number of carbonyl (C=O) groups excluding carboxylic acids is 1. The molecule has 0 N–H and O–H groups in total. The molecule has 0 unspecified atom stereocenters. The average Bonchev–Trinajstić information content (AvgIpc) is 2.82. The molecule has 0 amide bonds. The van der Waals surface area contributed by atoms with Crippen LogP contribution in [0.1, 0.15) is 44.8 Å². The van der Waals surface area contributed by atoms with Gasteiger partial charge in [-0.2, -0.15) is 5.10 Å². The molecule has 1 aliphatic carbocycles. The Kier molecular flexibility index (Phi) is 2.89. The number of ketones is 1. The van der Waals surface area contributed by atoms with Crippen LogP contribution in [-0.4, -0.2) is 15.6 Å². The van der Waals surface area contributed by atoms with Gasteiger partial charge in [-0.05, 0) is 38.7 Å². The van der Waals surface area contributed by atoms with Gasteiger partial charge < -0.3 is 0 Å². The van der Waals surface area contributed by atoms with E-state index in [9.17, 15) is 4.79 Å². The van der Waals surface area contributed by atoms with Gasteiger partial charge in [-0.1, -0.05) is 0 Å². The number of Topliss-reactive ketones (excluding diaryl/α,β-unsaturated/α-hetero) is 1. The summed E-state index contributed by atoms with van der Waals surface area (Å²) < 4.78 is 1.90. The molecule has 82 valence electrons. The molecule has 1 aromatic heterocycles. The van der Waals surface area contributed by atoms with Crippen LogP contribution in [0.25, 0.3) is 0 Å². The second-order valence-electron chi connectivity index (χ2n) is 4.74. The summed E-state index contributed by atoms with van der Waals surface area (Å²) >= 11 is 0. The molecule has 15 heavy (non-hydrogen) atoms. The molecule has 0 saturated heterocycles. The Morgan fingerprint density at radius 3 is 2.87 bits per heavy atom. The highest BCUT2D eigenvalue weighted by Crippen LogP contribution is 2.32. The lowest BCUT2D eigenvalue weighted by Crippen LogP contribution is -2.06. The van der Waals surface area contributed by atoms with Gasteiger partial charge in [-0.3, -0.25) is 9.48 Å². The summed E-state index contributed by atoms with van der Waals surface area (Å²) in [6.07, 6.45) is 5.70. The Balaban J connectivity index is 1.88. The van der Waals surface area contributed by atoms with Gasteiger partial charge in [0, 0.05) is 18.7 Å². The van der Waals surface area contributed by atoms with Crippen molar-refractivity contribution in [3.05, 3.63) is 18.0 Å². The summed E-state index contributed by atoms with van der Waals surface area (Å²) in [5, 5.41) is 4.37. The van der Waals surface area contributed by atoms with E-state index in [4.69, 9.17) is 0 Å². The summed E-state index contributed by atoms with van der Waals surface area (Å²) in [6.45, 7) is 4.17. The van der Waals surface area contributed by atoms with E-state index in [1.165, 1.54) is 12.8 Å². The maximum Gasteiger partial charge on any atom is 0.139 e. The summed E-state index contributed by atoms with van der Waals surface area (Å²) in [5.74, 6) is 1.02. The maximum absolute atomic E-state index is 11.6. The number of hydrogen-bond donors (Lipinski definition) is 0. The molecule has 1 fully saturated rings. The first-order valence-electron chi connectivity index (χ1n) is 5.71. The molecule has 3 nitrogen and oxygen atoms in total. The Bertz CT molecular complexity index is 350. The summed E-state index contributed by atoms with van der Waals surface area (Å²) in [5.41, 5.74) is 0.911. The molecular weight excluding hydrogens is 188 g/mol. The zero-order chi connectivity index (χ0) is 10.8. The monoisotopic (exact) mass is 206 g/mol. The molecule has 0 radical (unpaired) electrons. The number of aromatic nitrogens is 2.